The molecule has 2 saturated heterocycles. The van der Waals surface area contributed by atoms with Gasteiger partial charge in [-0.2, -0.15) is 5.26 Å². The second-order valence-electron chi connectivity index (χ2n) is 13.5. The van der Waals surface area contributed by atoms with Crippen LogP contribution in [0.4, 0.5) is 4.79 Å². The number of benzene rings is 3. The molecule has 5 unspecified atom stereocenters. The Labute approximate surface area is 319 Å². The highest BCUT2D eigenvalue weighted by atomic mass is 31.2. The Bertz CT molecular complexity index is 1650. The molecule has 2 fully saturated rings. The summed E-state index contributed by atoms with van der Waals surface area (Å²) in [5.74, 6) is 1.02. The summed E-state index contributed by atoms with van der Waals surface area (Å²) < 4.78 is 46.5. The topological polar surface area (TPSA) is 141 Å². The molecule has 0 spiro atoms. The Balaban J connectivity index is 1.61. The molecule has 0 aromatic heterocycles. The van der Waals surface area contributed by atoms with Gasteiger partial charge in [-0.1, -0.05) is 54.6 Å². The minimum Gasteiger partial charge on any atom is -0.497 e. The van der Waals surface area contributed by atoms with Crippen LogP contribution in [0.5, 0.6) is 11.5 Å². The van der Waals surface area contributed by atoms with Crippen molar-refractivity contribution >= 4 is 20.5 Å². The van der Waals surface area contributed by atoms with Gasteiger partial charge in [0, 0.05) is 32.2 Å². The first-order chi connectivity index (χ1) is 26.1. The van der Waals surface area contributed by atoms with Gasteiger partial charge in [0.05, 0.1) is 39.9 Å². The average molecular weight is 763 g/mol. The largest absolute Gasteiger partial charge is 0.497 e. The van der Waals surface area contributed by atoms with Crippen molar-refractivity contribution < 1.29 is 42.3 Å². The Hall–Kier alpha value is -4.12. The molecule has 290 valence electrons. The predicted molar refractivity (Wildman–Crippen MR) is 203 cm³/mol. The third-order valence-electron chi connectivity index (χ3n) is 9.46. The molecule has 0 saturated carbocycles. The number of carbonyl (C=O) groups excluding carboxylic acids is 2. The Morgan fingerprint density at radius 3 is 1.96 bits per heavy atom. The van der Waals surface area contributed by atoms with E-state index in [4.69, 9.17) is 32.7 Å². The standard InChI is InChI=1S/C40H51N4O9P/c1-27(2)44(28(3)4)54(51-25-11-23-41)53-36-34(52-38(37(36)49-7)43-24-22-35(45)42-39(43)46)26-50-40(29-12-9-8-10-13-29,30-14-18-32(47-5)19-15-30)31-16-20-33(48-6)21-17-31/h8-10,12-21,27-28,34,36-38H,11,22,24-26H2,1-7H3,(H,42,45,46). The van der Waals surface area contributed by atoms with Crippen LogP contribution in [0.1, 0.15) is 57.2 Å². The smallest absolute Gasteiger partial charge is 0.326 e. The fraction of sp³-hybridized carbons (Fsp3) is 0.475. The summed E-state index contributed by atoms with van der Waals surface area (Å²) in [6.07, 6.45) is -3.02. The van der Waals surface area contributed by atoms with E-state index < -0.39 is 44.7 Å². The average Bonchev–Trinajstić information content (AvgIpc) is 3.51. The maximum absolute atomic E-state index is 13.2. The normalized spacial score (nSPS) is 21.0. The Morgan fingerprint density at radius 2 is 1.46 bits per heavy atom. The van der Waals surface area contributed by atoms with Gasteiger partial charge in [-0.3, -0.25) is 15.0 Å². The minimum absolute atomic E-state index is 0.0207. The van der Waals surface area contributed by atoms with E-state index in [0.29, 0.717) is 11.5 Å². The van der Waals surface area contributed by atoms with Crippen molar-refractivity contribution in [1.29, 1.82) is 5.26 Å². The molecular formula is C40H51N4O9P. The number of nitrogens with one attached hydrogen (secondary N) is 1. The SMILES string of the molecule is COc1ccc(C(OCC2OC(N3CCC(=O)NC3=O)C(OC)C2OP(OCCC#N)N(C(C)C)C(C)C)(c2ccccc2)c2ccc(OC)cc2)cc1. The zero-order chi connectivity index (χ0) is 38.8. The van der Waals surface area contributed by atoms with Crippen LogP contribution in [0.15, 0.2) is 78.9 Å². The fourth-order valence-electron chi connectivity index (χ4n) is 6.97. The monoisotopic (exact) mass is 762 g/mol. The van der Waals surface area contributed by atoms with Crippen molar-refractivity contribution in [2.45, 2.75) is 82.8 Å². The molecule has 54 heavy (non-hydrogen) atoms. The molecule has 5 rings (SSSR count). The molecule has 3 amide bonds. The summed E-state index contributed by atoms with van der Waals surface area (Å²) in [6, 6.07) is 27.0. The third kappa shape index (κ3) is 9.04. The molecule has 3 aromatic rings. The molecule has 2 heterocycles. The van der Waals surface area contributed by atoms with E-state index in [-0.39, 0.29) is 50.6 Å². The van der Waals surface area contributed by atoms with Gasteiger partial charge in [-0.25, -0.2) is 9.46 Å². The number of methoxy groups -OCH3 is 3. The van der Waals surface area contributed by atoms with Crippen LogP contribution in [0, 0.1) is 11.3 Å². The summed E-state index contributed by atoms with van der Waals surface area (Å²) >= 11 is 0. The Morgan fingerprint density at radius 1 is 0.889 bits per heavy atom. The van der Waals surface area contributed by atoms with Gasteiger partial charge in [-0.05, 0) is 68.7 Å². The zero-order valence-electron chi connectivity index (χ0n) is 32.0. The van der Waals surface area contributed by atoms with Gasteiger partial charge in [-0.15, -0.1) is 0 Å². The van der Waals surface area contributed by atoms with Crippen molar-refractivity contribution in [3.63, 3.8) is 0 Å². The van der Waals surface area contributed by atoms with Gasteiger partial charge >= 0.3 is 6.03 Å². The lowest BCUT2D eigenvalue weighted by molar-refractivity contribution is -0.128. The highest BCUT2D eigenvalue weighted by molar-refractivity contribution is 7.44. The number of rotatable bonds is 18. The van der Waals surface area contributed by atoms with Crippen LogP contribution in [-0.2, 0) is 33.7 Å². The number of amides is 3. The number of urea groups is 1. The summed E-state index contributed by atoms with van der Waals surface area (Å²) in [7, 11) is 3.03. The van der Waals surface area contributed by atoms with E-state index in [1.165, 1.54) is 12.0 Å². The van der Waals surface area contributed by atoms with Crippen LogP contribution in [-0.4, -0.2) is 99.2 Å². The van der Waals surface area contributed by atoms with Gasteiger partial charge in [0.25, 0.3) is 8.53 Å². The molecule has 14 heteroatoms. The number of imide groups is 1. The minimum atomic E-state index is -1.76. The summed E-state index contributed by atoms with van der Waals surface area (Å²) in [5, 5.41) is 11.7. The number of hydrogen-bond acceptors (Lipinski definition) is 11. The highest BCUT2D eigenvalue weighted by Crippen LogP contribution is 2.50. The number of hydrogen-bond donors (Lipinski definition) is 1. The highest BCUT2D eigenvalue weighted by Gasteiger charge is 2.53. The van der Waals surface area contributed by atoms with E-state index in [9.17, 15) is 14.9 Å². The molecular weight excluding hydrogens is 711 g/mol. The summed E-state index contributed by atoms with van der Waals surface area (Å²) in [5.41, 5.74) is 1.35. The van der Waals surface area contributed by atoms with E-state index >= 15 is 0 Å². The number of carbonyl (C=O) groups is 2. The van der Waals surface area contributed by atoms with Crippen molar-refractivity contribution in [2.24, 2.45) is 0 Å². The molecule has 2 aliphatic heterocycles. The molecule has 0 aliphatic carbocycles. The lowest BCUT2D eigenvalue weighted by atomic mass is 9.80. The lowest BCUT2D eigenvalue weighted by Crippen LogP contribution is -2.57. The van der Waals surface area contributed by atoms with Crippen molar-refractivity contribution in [2.75, 3.05) is 41.1 Å². The van der Waals surface area contributed by atoms with E-state index in [1.807, 2.05) is 78.9 Å². The van der Waals surface area contributed by atoms with Crippen LogP contribution in [0.2, 0.25) is 0 Å². The predicted octanol–water partition coefficient (Wildman–Crippen LogP) is 6.36. The van der Waals surface area contributed by atoms with Crippen LogP contribution < -0.4 is 14.8 Å². The quantitative estimate of drug-likeness (QED) is 0.0880. The van der Waals surface area contributed by atoms with Crippen LogP contribution in [0.25, 0.3) is 0 Å². The molecule has 3 aromatic carbocycles. The van der Waals surface area contributed by atoms with Crippen molar-refractivity contribution in [3.05, 3.63) is 95.6 Å². The molecule has 1 N–H and O–H groups in total. The maximum Gasteiger partial charge on any atom is 0.326 e. The van der Waals surface area contributed by atoms with E-state index in [2.05, 4.69) is 43.8 Å². The molecule has 0 bridgehead atoms. The van der Waals surface area contributed by atoms with E-state index in [1.54, 1.807) is 14.2 Å². The van der Waals surface area contributed by atoms with Crippen molar-refractivity contribution in [3.8, 4) is 17.6 Å². The number of ether oxygens (including phenoxy) is 5. The van der Waals surface area contributed by atoms with Gasteiger partial charge in [0.1, 0.15) is 35.4 Å². The van der Waals surface area contributed by atoms with E-state index in [0.717, 1.165) is 16.7 Å². The Kier molecular flexibility index (Phi) is 14.4. The molecule has 5 atom stereocenters. The van der Waals surface area contributed by atoms with Gasteiger partial charge in [0.15, 0.2) is 6.23 Å². The first-order valence-electron chi connectivity index (χ1n) is 18.1. The zero-order valence-corrected chi connectivity index (χ0v) is 32.9. The second kappa shape index (κ2) is 19.0. The maximum atomic E-state index is 13.2. The third-order valence-corrected chi connectivity index (χ3v) is 11.6. The fourth-order valence-corrected chi connectivity index (χ4v) is 8.74. The molecule has 0 radical (unpaired) electrons. The molecule has 2 aliphatic rings. The number of nitrogens with zero attached hydrogens (tertiary/aromatic N) is 3. The van der Waals surface area contributed by atoms with Crippen molar-refractivity contribution in [1.82, 2.24) is 14.9 Å². The molecule has 13 nitrogen and oxygen atoms in total. The van der Waals surface area contributed by atoms with Gasteiger partial charge < -0.3 is 32.7 Å². The lowest BCUT2D eigenvalue weighted by Gasteiger charge is -2.39. The number of nitriles is 1. The first-order valence-corrected chi connectivity index (χ1v) is 19.2. The van der Waals surface area contributed by atoms with Crippen LogP contribution >= 0.6 is 8.53 Å². The van der Waals surface area contributed by atoms with Gasteiger partial charge in [0.2, 0.25) is 5.91 Å². The first kappa shape index (κ1) is 41.1. The summed E-state index contributed by atoms with van der Waals surface area (Å²) in [4.78, 5) is 26.8. The van der Waals surface area contributed by atoms with Crippen LogP contribution in [0.3, 0.4) is 0 Å². The summed E-state index contributed by atoms with van der Waals surface area (Å²) in [6.45, 7) is 8.51. The second-order valence-corrected chi connectivity index (χ2v) is 14.9.